The van der Waals surface area contributed by atoms with Gasteiger partial charge in [-0.25, -0.2) is 0 Å². The zero-order chi connectivity index (χ0) is 25.6. The van der Waals surface area contributed by atoms with E-state index in [1.807, 2.05) is 6.08 Å². The summed E-state index contributed by atoms with van der Waals surface area (Å²) in [5.74, 6) is 3.00. The van der Waals surface area contributed by atoms with Crippen LogP contribution in [0.15, 0.2) is 41.4 Å². The molecule has 0 spiro atoms. The molecule has 6 heteroatoms. The van der Waals surface area contributed by atoms with Crippen LogP contribution in [-0.4, -0.2) is 73.1 Å². The highest BCUT2D eigenvalue weighted by Crippen LogP contribution is 2.62. The minimum Gasteiger partial charge on any atom is -0.311 e. The van der Waals surface area contributed by atoms with Gasteiger partial charge in [-0.2, -0.15) is 0 Å². The molecule has 1 N–H and O–H groups in total. The van der Waals surface area contributed by atoms with E-state index in [1.54, 1.807) is 0 Å². The van der Waals surface area contributed by atoms with Crippen LogP contribution in [-0.2, 0) is 16.0 Å². The maximum Gasteiger partial charge on any atom is 0.225 e. The Hall–Kier alpha value is -2.31. The number of nitrogens with zero attached hydrogens (tertiary/aromatic N) is 3. The fourth-order valence-electron chi connectivity index (χ4n) is 8.35. The van der Waals surface area contributed by atoms with Crippen LogP contribution in [0.1, 0.15) is 62.5 Å². The summed E-state index contributed by atoms with van der Waals surface area (Å²) in [4.78, 5) is 35.7. The van der Waals surface area contributed by atoms with E-state index in [0.29, 0.717) is 60.7 Å². The number of hydrogen-bond donors (Lipinski definition) is 1. The summed E-state index contributed by atoms with van der Waals surface area (Å²) in [5.41, 5.74) is 2.82. The zero-order valence-corrected chi connectivity index (χ0v) is 22.5. The highest BCUT2D eigenvalue weighted by molar-refractivity contribution is 6.04. The third-order valence-corrected chi connectivity index (χ3v) is 10.4. The van der Waals surface area contributed by atoms with Gasteiger partial charge in [0.2, 0.25) is 5.91 Å². The highest BCUT2D eigenvalue weighted by Gasteiger charge is 2.58. The minimum atomic E-state index is -0.205. The van der Waals surface area contributed by atoms with E-state index in [0.717, 1.165) is 51.9 Å². The predicted molar refractivity (Wildman–Crippen MR) is 147 cm³/mol. The monoisotopic (exact) mass is 502 g/mol. The fourth-order valence-corrected chi connectivity index (χ4v) is 8.35. The first-order valence-electron chi connectivity index (χ1n) is 14.5. The van der Waals surface area contributed by atoms with Gasteiger partial charge in [-0.15, -0.1) is 0 Å². The molecule has 3 aliphatic carbocycles. The van der Waals surface area contributed by atoms with Crippen LogP contribution in [0.3, 0.4) is 0 Å². The molecule has 0 aromatic heterocycles. The second kappa shape index (κ2) is 10.1. The summed E-state index contributed by atoms with van der Waals surface area (Å²) in [7, 11) is 2.17. The third-order valence-electron chi connectivity index (χ3n) is 10.4. The first kappa shape index (κ1) is 25.0. The van der Waals surface area contributed by atoms with Crippen LogP contribution < -0.4 is 5.32 Å². The van der Waals surface area contributed by atoms with Crippen molar-refractivity contribution in [3.8, 4) is 0 Å². The van der Waals surface area contributed by atoms with Crippen molar-refractivity contribution in [3.05, 3.63) is 47.5 Å². The lowest BCUT2D eigenvalue weighted by Crippen LogP contribution is -2.50. The number of amidine groups is 1. The molecule has 2 heterocycles. The number of ketones is 1. The van der Waals surface area contributed by atoms with Gasteiger partial charge in [0, 0.05) is 50.5 Å². The lowest BCUT2D eigenvalue weighted by molar-refractivity contribution is -0.129. The van der Waals surface area contributed by atoms with Crippen molar-refractivity contribution in [3.63, 3.8) is 0 Å². The fraction of sp³-hybridized carbons (Fsp3) is 0.645. The molecule has 6 nitrogen and oxygen atoms in total. The van der Waals surface area contributed by atoms with Crippen molar-refractivity contribution < 1.29 is 9.59 Å². The Morgan fingerprint density at radius 3 is 2.76 bits per heavy atom. The maximum atomic E-state index is 13.3. The number of amides is 1. The van der Waals surface area contributed by atoms with Crippen molar-refractivity contribution in [1.29, 1.82) is 0 Å². The number of dihydropyridines is 1. The maximum absolute atomic E-state index is 13.3. The minimum absolute atomic E-state index is 0.0313. The van der Waals surface area contributed by atoms with Crippen LogP contribution in [0.2, 0.25) is 0 Å². The Bertz CT molecular complexity index is 1100. The largest absolute Gasteiger partial charge is 0.311 e. The number of likely N-dealkylation sites (N-methyl/N-ethyl adjacent to an activating group) is 1. The number of benzene rings is 1. The Labute approximate surface area is 221 Å². The molecule has 6 rings (SSSR count). The van der Waals surface area contributed by atoms with Crippen molar-refractivity contribution >= 4 is 17.5 Å². The van der Waals surface area contributed by atoms with E-state index in [2.05, 4.69) is 64.4 Å². The van der Waals surface area contributed by atoms with Crippen molar-refractivity contribution in [2.75, 3.05) is 39.8 Å². The molecule has 1 aromatic carbocycles. The van der Waals surface area contributed by atoms with Crippen molar-refractivity contribution in [2.45, 2.75) is 63.8 Å². The standard InChI is InChI=1S/C31H42N4O2/c1-31-14-13-25-24-6-4-3-5-21(24)7-10-26(25)30(31)22(19-27(31)36)8-12-29(37)33-28-11-9-23(20-32-28)35-17-15-34(2)16-18-35/h3-6,9,11,22-23,25-26,30H,7-8,10,12-20H2,1-2H3,(H,32,33,37)/t22-,23?,25?,26?,30?,31-/m1/s1. The molecule has 2 saturated carbocycles. The highest BCUT2D eigenvalue weighted by atomic mass is 16.1. The lowest BCUT2D eigenvalue weighted by Gasteiger charge is -2.50. The number of carbonyl (C=O) groups is 2. The Morgan fingerprint density at radius 1 is 1.16 bits per heavy atom. The van der Waals surface area contributed by atoms with Gasteiger partial charge in [0.05, 0.1) is 6.54 Å². The molecule has 5 aliphatic rings. The van der Waals surface area contributed by atoms with E-state index in [-0.39, 0.29) is 11.3 Å². The van der Waals surface area contributed by atoms with Gasteiger partial charge in [0.15, 0.2) is 0 Å². The number of aryl methyl sites for hydroxylation is 1. The van der Waals surface area contributed by atoms with Gasteiger partial charge in [0.1, 0.15) is 11.6 Å². The summed E-state index contributed by atoms with van der Waals surface area (Å²) in [5, 5.41) is 3.05. The second-order valence-corrected chi connectivity index (χ2v) is 12.5. The molecule has 0 radical (unpaired) electrons. The molecule has 6 atom stereocenters. The Morgan fingerprint density at radius 2 is 1.97 bits per heavy atom. The third kappa shape index (κ3) is 4.72. The quantitative estimate of drug-likeness (QED) is 0.680. The van der Waals surface area contributed by atoms with Gasteiger partial charge in [-0.1, -0.05) is 37.3 Å². The molecular formula is C31H42N4O2. The number of piperazine rings is 1. The number of hydrogen-bond acceptors (Lipinski definition) is 5. The summed E-state index contributed by atoms with van der Waals surface area (Å²) < 4.78 is 0. The summed E-state index contributed by atoms with van der Waals surface area (Å²) in [6.45, 7) is 7.25. The van der Waals surface area contributed by atoms with Gasteiger partial charge in [-0.3, -0.25) is 19.5 Å². The molecular weight excluding hydrogens is 460 g/mol. The van der Waals surface area contributed by atoms with E-state index in [4.69, 9.17) is 0 Å². The molecule has 198 valence electrons. The number of rotatable bonds is 4. The van der Waals surface area contributed by atoms with Crippen molar-refractivity contribution in [2.24, 2.45) is 28.2 Å². The molecule has 4 unspecified atom stereocenters. The van der Waals surface area contributed by atoms with E-state index in [9.17, 15) is 9.59 Å². The van der Waals surface area contributed by atoms with Gasteiger partial charge < -0.3 is 10.2 Å². The number of fused-ring (bicyclic) bond motifs is 5. The number of Topliss-reactive ketones (excluding diaryl/α,β-unsaturated/α-hetero) is 1. The van der Waals surface area contributed by atoms with E-state index >= 15 is 0 Å². The average molecular weight is 503 g/mol. The van der Waals surface area contributed by atoms with E-state index < -0.39 is 0 Å². The van der Waals surface area contributed by atoms with Crippen LogP contribution in [0, 0.1) is 23.2 Å². The van der Waals surface area contributed by atoms with Crippen LogP contribution in [0.5, 0.6) is 0 Å². The summed E-state index contributed by atoms with van der Waals surface area (Å²) in [6.07, 6.45) is 10.5. The van der Waals surface area contributed by atoms with Crippen molar-refractivity contribution in [1.82, 2.24) is 15.1 Å². The Balaban J connectivity index is 1.06. The average Bonchev–Trinajstić information content (AvgIpc) is 3.18. The van der Waals surface area contributed by atoms with Gasteiger partial charge in [-0.05, 0) is 80.0 Å². The molecule has 37 heavy (non-hydrogen) atoms. The SMILES string of the molecule is CN1CCN(C2C=CC(NC(=O)CC[C@@H]3CC(=O)[C@@]4(C)CCC5c6ccccc6CCC5C34)=NC2)CC1. The van der Waals surface area contributed by atoms with Crippen LogP contribution >= 0.6 is 0 Å². The van der Waals surface area contributed by atoms with Gasteiger partial charge >= 0.3 is 0 Å². The van der Waals surface area contributed by atoms with E-state index in [1.165, 1.54) is 17.5 Å². The second-order valence-electron chi connectivity index (χ2n) is 12.5. The number of nitrogens with one attached hydrogen (secondary N) is 1. The molecule has 1 saturated heterocycles. The molecule has 0 bridgehead atoms. The van der Waals surface area contributed by atoms with Crippen LogP contribution in [0.4, 0.5) is 0 Å². The number of aliphatic imine (C=N–C) groups is 1. The Kier molecular flexibility index (Phi) is 6.83. The smallest absolute Gasteiger partial charge is 0.225 e. The first-order chi connectivity index (χ1) is 17.9. The summed E-state index contributed by atoms with van der Waals surface area (Å²) >= 11 is 0. The molecule has 3 fully saturated rings. The summed E-state index contributed by atoms with van der Waals surface area (Å²) in [6, 6.07) is 9.27. The first-order valence-corrected chi connectivity index (χ1v) is 14.5. The topological polar surface area (TPSA) is 65.0 Å². The predicted octanol–water partition coefficient (Wildman–Crippen LogP) is 3.82. The number of carbonyl (C=O) groups excluding carboxylic acids is 2. The molecule has 2 aliphatic heterocycles. The lowest BCUT2D eigenvalue weighted by atomic mass is 9.54. The van der Waals surface area contributed by atoms with Crippen LogP contribution in [0.25, 0.3) is 0 Å². The van der Waals surface area contributed by atoms with Gasteiger partial charge in [0.25, 0.3) is 0 Å². The zero-order valence-electron chi connectivity index (χ0n) is 22.5. The molecule has 1 aromatic rings. The normalized spacial score (nSPS) is 35.9. The molecule has 1 amide bonds.